The molecule has 0 spiro atoms. The van der Waals surface area contributed by atoms with Crippen molar-refractivity contribution in [2.75, 3.05) is 44.7 Å². The van der Waals surface area contributed by atoms with Crippen LogP contribution in [0.5, 0.6) is 0 Å². The summed E-state index contributed by atoms with van der Waals surface area (Å²) >= 11 is 0. The molecule has 1 aliphatic carbocycles. The van der Waals surface area contributed by atoms with Gasteiger partial charge in [-0.1, -0.05) is 19.3 Å². The summed E-state index contributed by atoms with van der Waals surface area (Å²) in [6.07, 6.45) is 6.23. The normalized spacial score (nSPS) is 18.7. The minimum atomic E-state index is -0.437. The Kier molecular flexibility index (Phi) is 7.66. The van der Waals surface area contributed by atoms with Crippen molar-refractivity contribution in [1.82, 2.24) is 15.5 Å². The smallest absolute Gasteiger partial charge is 0.221 e. The van der Waals surface area contributed by atoms with E-state index in [-0.39, 0.29) is 5.91 Å². The highest BCUT2D eigenvalue weighted by Crippen LogP contribution is 2.22. The number of guanidine groups is 1. The average molecular weight is 408 g/mol. The third-order valence-corrected chi connectivity index (χ3v) is 5.65. The first-order valence-electron chi connectivity index (χ1n) is 10.5. The van der Waals surface area contributed by atoms with Gasteiger partial charge in [0.1, 0.15) is 11.6 Å². The van der Waals surface area contributed by atoms with Crippen LogP contribution in [0.15, 0.2) is 23.2 Å². The fourth-order valence-electron chi connectivity index (χ4n) is 4.05. The Morgan fingerprint density at radius 2 is 1.86 bits per heavy atom. The molecule has 2 N–H and O–H groups in total. The van der Waals surface area contributed by atoms with Crippen molar-refractivity contribution in [1.29, 1.82) is 0 Å². The molecule has 3 rings (SSSR count). The van der Waals surface area contributed by atoms with E-state index >= 15 is 0 Å². The topological polar surface area (TPSA) is 60.0 Å². The zero-order chi connectivity index (χ0) is 20.6. The van der Waals surface area contributed by atoms with Gasteiger partial charge in [0.05, 0.1) is 5.69 Å². The molecule has 0 bridgehead atoms. The number of benzene rings is 1. The second-order valence-corrected chi connectivity index (χ2v) is 7.70. The second kappa shape index (κ2) is 10.4. The van der Waals surface area contributed by atoms with Gasteiger partial charge in [-0.15, -0.1) is 0 Å². The van der Waals surface area contributed by atoms with E-state index in [0.717, 1.165) is 30.9 Å². The van der Waals surface area contributed by atoms with Crippen LogP contribution in [0.3, 0.4) is 0 Å². The minimum Gasteiger partial charge on any atom is -0.366 e. The van der Waals surface area contributed by atoms with Crippen LogP contribution in [0, 0.1) is 11.6 Å². The molecule has 2 fully saturated rings. The number of carbonyl (C=O) groups is 1. The quantitative estimate of drug-likeness (QED) is 0.582. The van der Waals surface area contributed by atoms with Crippen molar-refractivity contribution >= 4 is 17.6 Å². The molecule has 1 aromatic carbocycles. The van der Waals surface area contributed by atoms with E-state index in [0.29, 0.717) is 50.9 Å². The van der Waals surface area contributed by atoms with E-state index in [1.807, 2.05) is 4.90 Å². The summed E-state index contributed by atoms with van der Waals surface area (Å²) in [7, 11) is 1.71. The van der Waals surface area contributed by atoms with Gasteiger partial charge in [0, 0.05) is 58.3 Å². The van der Waals surface area contributed by atoms with Crippen LogP contribution in [0.1, 0.15) is 38.5 Å². The Hall–Kier alpha value is -2.38. The maximum Gasteiger partial charge on any atom is 0.221 e. The van der Waals surface area contributed by atoms with Gasteiger partial charge in [-0.05, 0) is 25.0 Å². The zero-order valence-electron chi connectivity index (χ0n) is 17.1. The summed E-state index contributed by atoms with van der Waals surface area (Å²) in [6.45, 7) is 2.95. The lowest BCUT2D eigenvalue weighted by Crippen LogP contribution is -2.53. The Bertz CT molecular complexity index is 713. The second-order valence-electron chi connectivity index (χ2n) is 7.70. The summed E-state index contributed by atoms with van der Waals surface area (Å²) in [4.78, 5) is 20.4. The predicted octanol–water partition coefficient (Wildman–Crippen LogP) is 2.50. The summed E-state index contributed by atoms with van der Waals surface area (Å²) in [5.41, 5.74) is 0.298. The van der Waals surface area contributed by atoms with Crippen LogP contribution < -0.4 is 15.5 Å². The number of nitrogens with one attached hydrogen (secondary N) is 2. The first kappa shape index (κ1) is 21.3. The highest BCUT2D eigenvalue weighted by molar-refractivity contribution is 5.81. The molecule has 1 amide bonds. The van der Waals surface area contributed by atoms with Gasteiger partial charge < -0.3 is 20.4 Å². The number of piperazine rings is 1. The molecule has 6 nitrogen and oxygen atoms in total. The lowest BCUT2D eigenvalue weighted by molar-refractivity contribution is -0.121. The van der Waals surface area contributed by atoms with Gasteiger partial charge in [-0.3, -0.25) is 9.79 Å². The molecule has 0 atom stereocenters. The summed E-state index contributed by atoms with van der Waals surface area (Å²) in [5.74, 6) is -0.0415. The Morgan fingerprint density at radius 1 is 1.14 bits per heavy atom. The van der Waals surface area contributed by atoms with Crippen LogP contribution in [0.2, 0.25) is 0 Å². The number of rotatable bonds is 5. The van der Waals surface area contributed by atoms with Crippen LogP contribution in [-0.4, -0.2) is 62.6 Å². The van der Waals surface area contributed by atoms with Gasteiger partial charge in [-0.25, -0.2) is 8.78 Å². The Balaban J connectivity index is 1.42. The van der Waals surface area contributed by atoms with Crippen LogP contribution in [-0.2, 0) is 4.79 Å². The zero-order valence-corrected chi connectivity index (χ0v) is 17.1. The summed E-state index contributed by atoms with van der Waals surface area (Å²) < 4.78 is 27.4. The number of halogens is 2. The molecule has 8 heteroatoms. The van der Waals surface area contributed by atoms with Gasteiger partial charge in [0.15, 0.2) is 5.96 Å². The lowest BCUT2D eigenvalue weighted by Gasteiger charge is -2.37. The molecule has 29 heavy (non-hydrogen) atoms. The van der Waals surface area contributed by atoms with Crippen molar-refractivity contribution in [2.24, 2.45) is 4.99 Å². The van der Waals surface area contributed by atoms with Crippen LogP contribution in [0.4, 0.5) is 14.5 Å². The minimum absolute atomic E-state index is 0.0752. The number of carbonyl (C=O) groups excluding carboxylic acids is 1. The van der Waals surface area contributed by atoms with Crippen LogP contribution >= 0.6 is 0 Å². The third-order valence-electron chi connectivity index (χ3n) is 5.65. The molecule has 0 radical (unpaired) electrons. The summed E-state index contributed by atoms with van der Waals surface area (Å²) in [6, 6.07) is 3.86. The van der Waals surface area contributed by atoms with E-state index in [1.54, 1.807) is 7.05 Å². The van der Waals surface area contributed by atoms with E-state index < -0.39 is 11.6 Å². The number of hydrogen-bond acceptors (Lipinski definition) is 3. The van der Waals surface area contributed by atoms with Crippen molar-refractivity contribution < 1.29 is 13.6 Å². The van der Waals surface area contributed by atoms with E-state index in [1.165, 1.54) is 25.3 Å². The van der Waals surface area contributed by atoms with E-state index in [9.17, 15) is 13.6 Å². The molecular weight excluding hydrogens is 376 g/mol. The third kappa shape index (κ3) is 6.05. The van der Waals surface area contributed by atoms with Crippen molar-refractivity contribution in [3.05, 3.63) is 29.8 Å². The van der Waals surface area contributed by atoms with Gasteiger partial charge in [0.2, 0.25) is 5.91 Å². The standard InChI is InChI=1S/C21H31F2N5O/c1-24-21(25-10-9-20(29)26-17-5-3-2-4-6-17)28-13-11-27(12-14-28)19-15-16(22)7-8-18(19)23/h7-8,15,17H,2-6,9-14H2,1H3,(H,24,25)(H,26,29). The van der Waals surface area contributed by atoms with E-state index in [4.69, 9.17) is 0 Å². The molecule has 160 valence electrons. The molecule has 1 heterocycles. The monoisotopic (exact) mass is 407 g/mol. The van der Waals surface area contributed by atoms with Crippen molar-refractivity contribution in [2.45, 2.75) is 44.6 Å². The largest absolute Gasteiger partial charge is 0.366 e. The number of anilines is 1. The lowest BCUT2D eigenvalue weighted by atomic mass is 9.95. The molecule has 2 aliphatic rings. The maximum atomic E-state index is 14.0. The molecule has 0 aromatic heterocycles. The Labute approximate surface area is 171 Å². The number of aliphatic imine (C=N–C) groups is 1. The highest BCUT2D eigenvalue weighted by atomic mass is 19.1. The molecular formula is C21H31F2N5O. The van der Waals surface area contributed by atoms with Gasteiger partial charge in [-0.2, -0.15) is 0 Å². The fraction of sp³-hybridized carbons (Fsp3) is 0.619. The fourth-order valence-corrected chi connectivity index (χ4v) is 4.05. The maximum absolute atomic E-state index is 14.0. The molecule has 1 saturated carbocycles. The van der Waals surface area contributed by atoms with Crippen molar-refractivity contribution in [3.8, 4) is 0 Å². The summed E-state index contributed by atoms with van der Waals surface area (Å²) in [5, 5.41) is 6.36. The number of nitrogens with zero attached hydrogens (tertiary/aromatic N) is 3. The highest BCUT2D eigenvalue weighted by Gasteiger charge is 2.22. The van der Waals surface area contributed by atoms with Gasteiger partial charge in [0.25, 0.3) is 0 Å². The van der Waals surface area contributed by atoms with Crippen LogP contribution in [0.25, 0.3) is 0 Å². The molecule has 0 unspecified atom stereocenters. The first-order valence-corrected chi connectivity index (χ1v) is 10.5. The number of hydrogen-bond donors (Lipinski definition) is 2. The molecule has 1 aliphatic heterocycles. The van der Waals surface area contributed by atoms with Gasteiger partial charge >= 0.3 is 0 Å². The average Bonchev–Trinajstić information content (AvgIpc) is 2.74. The molecule has 1 saturated heterocycles. The predicted molar refractivity (Wildman–Crippen MR) is 111 cm³/mol. The van der Waals surface area contributed by atoms with E-state index in [2.05, 4.69) is 20.5 Å². The SMILES string of the molecule is CN=C(NCCC(=O)NC1CCCCC1)N1CCN(c2cc(F)ccc2F)CC1. The number of amides is 1. The molecule has 1 aromatic rings. The first-order chi connectivity index (χ1) is 14.1. The Morgan fingerprint density at radius 3 is 2.55 bits per heavy atom. The van der Waals surface area contributed by atoms with Crippen molar-refractivity contribution in [3.63, 3.8) is 0 Å².